The van der Waals surface area contributed by atoms with E-state index in [0.717, 1.165) is 11.1 Å². The van der Waals surface area contributed by atoms with Crippen molar-refractivity contribution in [1.82, 2.24) is 0 Å². The van der Waals surface area contributed by atoms with E-state index in [0.29, 0.717) is 29.4 Å². The third-order valence-corrected chi connectivity index (χ3v) is 5.81. The Morgan fingerprint density at radius 2 is 1.69 bits per heavy atom. The molecule has 0 radical (unpaired) electrons. The van der Waals surface area contributed by atoms with Gasteiger partial charge in [-0.15, -0.1) is 0 Å². The van der Waals surface area contributed by atoms with Gasteiger partial charge in [0.15, 0.2) is 0 Å². The number of aryl methyl sites for hydroxylation is 1. The van der Waals surface area contributed by atoms with Crippen LogP contribution in [0.1, 0.15) is 43.5 Å². The monoisotopic (exact) mass is 471 g/mol. The minimum atomic E-state index is -0.803. The van der Waals surface area contributed by atoms with Crippen LogP contribution in [-0.2, 0) is 9.59 Å². The van der Waals surface area contributed by atoms with E-state index in [1.54, 1.807) is 48.5 Å². The number of carbonyl (C=O) groups excluding carboxylic acids is 2. The number of ketones is 1. The number of benzene rings is 3. The molecule has 3 aromatic rings. The molecule has 4 rings (SSSR count). The van der Waals surface area contributed by atoms with Gasteiger partial charge in [-0.25, -0.2) is 0 Å². The molecule has 0 aromatic heterocycles. The van der Waals surface area contributed by atoms with E-state index in [9.17, 15) is 14.7 Å². The van der Waals surface area contributed by atoms with Gasteiger partial charge in [0, 0.05) is 17.3 Å². The fraction of sp³-hybridized carbons (Fsp3) is 0.241. The Kier molecular flexibility index (Phi) is 6.92. The van der Waals surface area contributed by atoms with Crippen molar-refractivity contribution >= 4 is 23.1 Å². The molecule has 1 N–H and O–H groups in total. The highest BCUT2D eigenvalue weighted by Crippen LogP contribution is 2.43. The number of rotatable bonds is 7. The van der Waals surface area contributed by atoms with Crippen LogP contribution in [0.4, 0.5) is 5.69 Å². The van der Waals surface area contributed by atoms with E-state index in [1.165, 1.54) is 4.90 Å². The summed E-state index contributed by atoms with van der Waals surface area (Å²) in [4.78, 5) is 28.2. The molecule has 1 unspecified atom stereocenters. The van der Waals surface area contributed by atoms with Crippen LogP contribution < -0.4 is 14.4 Å². The van der Waals surface area contributed by atoms with Crippen LogP contribution in [0.25, 0.3) is 5.76 Å². The topological polar surface area (TPSA) is 76.1 Å². The van der Waals surface area contributed by atoms with Crippen molar-refractivity contribution in [1.29, 1.82) is 0 Å². The molecule has 3 aromatic carbocycles. The number of hydrogen-bond acceptors (Lipinski definition) is 5. The molecule has 6 heteroatoms. The summed E-state index contributed by atoms with van der Waals surface area (Å²) in [6.07, 6.45) is -0.0532. The maximum Gasteiger partial charge on any atom is 0.300 e. The third kappa shape index (κ3) is 4.78. The Labute approximate surface area is 205 Å². The number of aliphatic hydroxyl groups is 1. The van der Waals surface area contributed by atoms with E-state index in [1.807, 2.05) is 52.0 Å². The molecule has 1 atom stereocenters. The first-order chi connectivity index (χ1) is 16.8. The van der Waals surface area contributed by atoms with Crippen LogP contribution in [0.2, 0.25) is 0 Å². The van der Waals surface area contributed by atoms with E-state index in [2.05, 4.69) is 0 Å². The Morgan fingerprint density at radius 3 is 2.40 bits per heavy atom. The quantitative estimate of drug-likeness (QED) is 0.267. The average molecular weight is 472 g/mol. The van der Waals surface area contributed by atoms with Crippen molar-refractivity contribution in [2.75, 3.05) is 11.5 Å². The van der Waals surface area contributed by atoms with Gasteiger partial charge < -0.3 is 14.6 Å². The Morgan fingerprint density at radius 1 is 0.971 bits per heavy atom. The number of aliphatic hydroxyl groups excluding tert-OH is 1. The summed E-state index contributed by atoms with van der Waals surface area (Å²) in [6.45, 7) is 8.09. The van der Waals surface area contributed by atoms with Crippen LogP contribution in [0.15, 0.2) is 78.4 Å². The maximum atomic E-state index is 13.4. The van der Waals surface area contributed by atoms with Gasteiger partial charge >= 0.3 is 0 Å². The lowest BCUT2D eigenvalue weighted by molar-refractivity contribution is -0.132. The summed E-state index contributed by atoms with van der Waals surface area (Å²) in [5, 5.41) is 11.4. The highest BCUT2D eigenvalue weighted by Gasteiger charge is 2.47. The zero-order valence-corrected chi connectivity index (χ0v) is 20.3. The number of hydrogen-bond donors (Lipinski definition) is 1. The Hall–Kier alpha value is -4.06. The lowest BCUT2D eigenvalue weighted by Crippen LogP contribution is -2.29. The van der Waals surface area contributed by atoms with Gasteiger partial charge in [0.25, 0.3) is 11.7 Å². The molecule has 0 spiro atoms. The first-order valence-electron chi connectivity index (χ1n) is 11.7. The molecular weight excluding hydrogens is 442 g/mol. The summed E-state index contributed by atoms with van der Waals surface area (Å²) in [5.41, 5.74) is 2.61. The van der Waals surface area contributed by atoms with Crippen molar-refractivity contribution in [3.8, 4) is 11.5 Å². The van der Waals surface area contributed by atoms with E-state index in [-0.39, 0.29) is 17.4 Å². The van der Waals surface area contributed by atoms with Gasteiger partial charge in [-0.1, -0.05) is 42.5 Å². The van der Waals surface area contributed by atoms with Crippen molar-refractivity contribution in [3.63, 3.8) is 0 Å². The van der Waals surface area contributed by atoms with E-state index < -0.39 is 17.7 Å². The molecule has 35 heavy (non-hydrogen) atoms. The number of carbonyl (C=O) groups is 2. The first-order valence-corrected chi connectivity index (χ1v) is 11.7. The van der Waals surface area contributed by atoms with Gasteiger partial charge in [0.2, 0.25) is 0 Å². The second-order valence-electron chi connectivity index (χ2n) is 8.65. The molecule has 1 saturated heterocycles. The number of amides is 1. The predicted octanol–water partition coefficient (Wildman–Crippen LogP) is 5.81. The summed E-state index contributed by atoms with van der Waals surface area (Å²) >= 11 is 0. The molecule has 1 amide bonds. The van der Waals surface area contributed by atoms with Crippen molar-refractivity contribution in [2.45, 2.75) is 39.8 Å². The first kappa shape index (κ1) is 24.1. The highest BCUT2D eigenvalue weighted by atomic mass is 16.5. The maximum absolute atomic E-state index is 13.4. The van der Waals surface area contributed by atoms with Crippen LogP contribution in [-0.4, -0.2) is 29.5 Å². The molecule has 6 nitrogen and oxygen atoms in total. The summed E-state index contributed by atoms with van der Waals surface area (Å²) < 4.78 is 11.4. The summed E-state index contributed by atoms with van der Waals surface area (Å²) in [5.74, 6) is -0.533. The minimum Gasteiger partial charge on any atom is -0.507 e. The largest absolute Gasteiger partial charge is 0.507 e. The summed E-state index contributed by atoms with van der Waals surface area (Å²) in [7, 11) is 0. The van der Waals surface area contributed by atoms with Gasteiger partial charge in [-0.05, 0) is 63.1 Å². The second-order valence-corrected chi connectivity index (χ2v) is 8.65. The third-order valence-electron chi connectivity index (χ3n) is 5.81. The number of anilines is 1. The van der Waals surface area contributed by atoms with E-state index >= 15 is 0 Å². The number of ether oxygens (including phenoxy) is 2. The van der Waals surface area contributed by atoms with Crippen LogP contribution in [0.5, 0.6) is 11.5 Å². The fourth-order valence-corrected chi connectivity index (χ4v) is 4.32. The smallest absolute Gasteiger partial charge is 0.300 e. The van der Waals surface area contributed by atoms with Crippen LogP contribution in [0.3, 0.4) is 0 Å². The molecule has 0 bridgehead atoms. The van der Waals surface area contributed by atoms with Gasteiger partial charge in [-0.3, -0.25) is 14.5 Å². The number of nitrogens with zero attached hydrogens (tertiary/aromatic N) is 1. The molecular formula is C29H29NO5. The lowest BCUT2D eigenvalue weighted by atomic mass is 9.92. The van der Waals surface area contributed by atoms with Gasteiger partial charge in [0.1, 0.15) is 17.3 Å². The Balaban J connectivity index is 1.91. The van der Waals surface area contributed by atoms with Gasteiger partial charge in [0.05, 0.1) is 24.3 Å². The molecule has 0 aliphatic carbocycles. The second kappa shape index (κ2) is 10.1. The van der Waals surface area contributed by atoms with Crippen LogP contribution >= 0.6 is 0 Å². The fourth-order valence-electron chi connectivity index (χ4n) is 4.32. The normalized spacial score (nSPS) is 17.2. The lowest BCUT2D eigenvalue weighted by Gasteiger charge is -2.27. The molecule has 1 aliphatic rings. The zero-order valence-electron chi connectivity index (χ0n) is 20.3. The molecule has 1 aliphatic heterocycles. The number of Topliss-reactive ketones (excluding diaryl/α,β-unsaturated/α-hetero) is 1. The highest BCUT2D eigenvalue weighted by molar-refractivity contribution is 6.51. The van der Waals surface area contributed by atoms with Gasteiger partial charge in [-0.2, -0.15) is 0 Å². The molecule has 1 heterocycles. The zero-order chi connectivity index (χ0) is 25.1. The summed E-state index contributed by atoms with van der Waals surface area (Å²) in [6, 6.07) is 20.7. The van der Waals surface area contributed by atoms with Crippen molar-refractivity contribution < 1.29 is 24.2 Å². The molecule has 0 saturated carbocycles. The SMILES string of the molecule is CCOc1cccc(N2C(=O)C(=O)/C(=C(/O)c3cccc(OC(C)C)c3)C2c2ccccc2C)c1. The van der Waals surface area contributed by atoms with E-state index in [4.69, 9.17) is 9.47 Å². The minimum absolute atomic E-state index is 0.0350. The standard InChI is InChI=1S/C29H29NO5/c1-5-34-22-13-9-12-21(17-22)30-26(24-15-7-6-10-19(24)4)25(28(32)29(30)33)27(31)20-11-8-14-23(16-20)35-18(2)3/h6-18,26,31H,5H2,1-4H3/b27-25+. The average Bonchev–Trinajstić information content (AvgIpc) is 3.09. The van der Waals surface area contributed by atoms with Crippen molar-refractivity contribution in [2.24, 2.45) is 0 Å². The van der Waals surface area contributed by atoms with Crippen molar-refractivity contribution in [3.05, 3.63) is 95.1 Å². The molecule has 180 valence electrons. The van der Waals surface area contributed by atoms with Crippen LogP contribution in [0, 0.1) is 6.92 Å². The molecule has 1 fully saturated rings. The Bertz CT molecular complexity index is 1290. The predicted molar refractivity (Wildman–Crippen MR) is 136 cm³/mol.